The highest BCUT2D eigenvalue weighted by atomic mass is 32.2. The predicted octanol–water partition coefficient (Wildman–Crippen LogP) is 6.91. The van der Waals surface area contributed by atoms with Gasteiger partial charge in [-0.3, -0.25) is 5.14 Å². The molecule has 0 aliphatic heterocycles. The van der Waals surface area contributed by atoms with Gasteiger partial charge in [-0.25, -0.2) is 9.67 Å². The van der Waals surface area contributed by atoms with Crippen molar-refractivity contribution in [3.8, 4) is 16.4 Å². The minimum atomic E-state index is 0.516. The molecule has 0 atom stereocenters. The molecule has 0 spiro atoms. The Morgan fingerprint density at radius 2 is 1.78 bits per heavy atom. The van der Waals surface area contributed by atoms with Gasteiger partial charge in [0.25, 0.3) is 0 Å². The molecule has 4 nitrogen and oxygen atoms in total. The standard InChI is InChI=1S/C26H28N4S2/c1-18-17-31-26(28-18)30-25(21-10-6-3-7-11-21)23(16-19-12-14-22(32-27)15-13-19)24(29-30)20-8-4-2-5-9-20/h3,6-7,10-15,17,20H,2,4-5,8-9,16,27H2,1H3. The maximum Gasteiger partial charge on any atom is 0.211 e. The van der Waals surface area contributed by atoms with E-state index in [1.54, 1.807) is 11.3 Å². The molecular weight excluding hydrogens is 432 g/mol. The number of nitrogens with two attached hydrogens (primary N) is 1. The van der Waals surface area contributed by atoms with Crippen molar-refractivity contribution in [2.75, 3.05) is 0 Å². The number of aromatic nitrogens is 3. The number of nitrogens with zero attached hydrogens (tertiary/aromatic N) is 3. The zero-order chi connectivity index (χ0) is 21.9. The highest BCUT2D eigenvalue weighted by Gasteiger charge is 2.28. The van der Waals surface area contributed by atoms with E-state index in [1.165, 1.54) is 72.1 Å². The molecule has 0 amide bonds. The van der Waals surface area contributed by atoms with Crippen molar-refractivity contribution in [1.82, 2.24) is 14.8 Å². The number of thiazole rings is 1. The van der Waals surface area contributed by atoms with Crippen molar-refractivity contribution >= 4 is 23.3 Å². The second-order valence-corrected chi connectivity index (χ2v) is 10.1. The third kappa shape index (κ3) is 4.40. The van der Waals surface area contributed by atoms with Crippen molar-refractivity contribution in [1.29, 1.82) is 0 Å². The molecule has 2 N–H and O–H groups in total. The minimum Gasteiger partial charge on any atom is -0.274 e. The van der Waals surface area contributed by atoms with Crippen LogP contribution in [0.2, 0.25) is 0 Å². The Bertz CT molecular complexity index is 1170. The van der Waals surface area contributed by atoms with Crippen LogP contribution in [0.3, 0.4) is 0 Å². The molecule has 2 aromatic heterocycles. The molecule has 4 aromatic rings. The van der Waals surface area contributed by atoms with Crippen LogP contribution in [0.25, 0.3) is 16.4 Å². The van der Waals surface area contributed by atoms with Crippen LogP contribution in [0, 0.1) is 6.92 Å². The second-order valence-electron chi connectivity index (χ2n) is 8.54. The van der Waals surface area contributed by atoms with Crippen molar-refractivity contribution in [3.63, 3.8) is 0 Å². The Labute approximate surface area is 198 Å². The summed E-state index contributed by atoms with van der Waals surface area (Å²) in [5.74, 6) is 0.516. The summed E-state index contributed by atoms with van der Waals surface area (Å²) in [7, 11) is 0. The van der Waals surface area contributed by atoms with Crippen molar-refractivity contribution in [2.24, 2.45) is 5.14 Å². The molecule has 0 bridgehead atoms. The molecule has 32 heavy (non-hydrogen) atoms. The van der Waals surface area contributed by atoms with Crippen molar-refractivity contribution < 1.29 is 0 Å². The monoisotopic (exact) mass is 460 g/mol. The average molecular weight is 461 g/mol. The smallest absolute Gasteiger partial charge is 0.211 e. The lowest BCUT2D eigenvalue weighted by Crippen LogP contribution is -2.08. The van der Waals surface area contributed by atoms with E-state index in [2.05, 4.69) is 64.7 Å². The van der Waals surface area contributed by atoms with Crippen LogP contribution in [0.5, 0.6) is 0 Å². The summed E-state index contributed by atoms with van der Waals surface area (Å²) in [5, 5.41) is 14.1. The molecule has 2 heterocycles. The van der Waals surface area contributed by atoms with E-state index >= 15 is 0 Å². The van der Waals surface area contributed by atoms with E-state index in [1.807, 2.05) is 6.92 Å². The van der Waals surface area contributed by atoms with Crippen LogP contribution < -0.4 is 5.14 Å². The number of benzene rings is 2. The minimum absolute atomic E-state index is 0.516. The molecule has 1 aliphatic carbocycles. The molecule has 6 heteroatoms. The van der Waals surface area contributed by atoms with Gasteiger partial charge < -0.3 is 0 Å². The Morgan fingerprint density at radius 1 is 1.03 bits per heavy atom. The summed E-state index contributed by atoms with van der Waals surface area (Å²) in [6.45, 7) is 2.05. The first-order valence-electron chi connectivity index (χ1n) is 11.3. The van der Waals surface area contributed by atoms with Gasteiger partial charge in [0.2, 0.25) is 5.13 Å². The maximum atomic E-state index is 5.74. The molecule has 5 rings (SSSR count). The van der Waals surface area contributed by atoms with E-state index in [-0.39, 0.29) is 0 Å². The molecule has 0 saturated heterocycles. The van der Waals surface area contributed by atoms with E-state index < -0.39 is 0 Å². The largest absolute Gasteiger partial charge is 0.274 e. The van der Waals surface area contributed by atoms with Crippen LogP contribution in [-0.4, -0.2) is 14.8 Å². The molecule has 1 saturated carbocycles. The first kappa shape index (κ1) is 21.4. The number of hydrogen-bond acceptors (Lipinski definition) is 5. The number of rotatable bonds is 6. The van der Waals surface area contributed by atoms with Gasteiger partial charge in [-0.1, -0.05) is 61.7 Å². The van der Waals surface area contributed by atoms with E-state index in [9.17, 15) is 0 Å². The van der Waals surface area contributed by atoms with Crippen LogP contribution in [0.4, 0.5) is 0 Å². The van der Waals surface area contributed by atoms with Gasteiger partial charge in [-0.2, -0.15) is 5.10 Å². The molecule has 0 radical (unpaired) electrons. The first-order chi connectivity index (χ1) is 15.7. The predicted molar refractivity (Wildman–Crippen MR) is 135 cm³/mol. The Hall–Kier alpha value is -2.41. The lowest BCUT2D eigenvalue weighted by Gasteiger charge is -2.21. The SMILES string of the molecule is Cc1csc(-n2nc(C3CCCCC3)c(Cc3ccc(SN)cc3)c2-c2ccccc2)n1. The second kappa shape index (κ2) is 9.61. The van der Waals surface area contributed by atoms with Crippen LogP contribution >= 0.6 is 23.3 Å². The molecule has 0 unspecified atom stereocenters. The van der Waals surface area contributed by atoms with Crippen LogP contribution in [-0.2, 0) is 6.42 Å². The van der Waals surface area contributed by atoms with Crippen LogP contribution in [0.15, 0.2) is 64.9 Å². The molecule has 164 valence electrons. The van der Waals surface area contributed by atoms with Crippen molar-refractivity contribution in [3.05, 3.63) is 82.5 Å². The van der Waals surface area contributed by atoms with Gasteiger partial charge in [0.05, 0.1) is 17.1 Å². The fraction of sp³-hybridized carbons (Fsp3) is 0.308. The first-order valence-corrected chi connectivity index (χ1v) is 13.0. The summed E-state index contributed by atoms with van der Waals surface area (Å²) in [6.07, 6.45) is 7.21. The third-order valence-electron chi connectivity index (χ3n) is 6.28. The average Bonchev–Trinajstić information content (AvgIpc) is 3.44. The molecule has 2 aromatic carbocycles. The van der Waals surface area contributed by atoms with Gasteiger partial charge in [-0.15, -0.1) is 11.3 Å². The maximum absolute atomic E-state index is 5.74. The highest BCUT2D eigenvalue weighted by molar-refractivity contribution is 7.97. The third-order valence-corrected chi connectivity index (χ3v) is 7.76. The number of hydrogen-bond donors (Lipinski definition) is 1. The van der Waals surface area contributed by atoms with E-state index in [4.69, 9.17) is 15.2 Å². The highest BCUT2D eigenvalue weighted by Crippen LogP contribution is 2.40. The van der Waals surface area contributed by atoms with E-state index in [0.29, 0.717) is 5.92 Å². The fourth-order valence-corrected chi connectivity index (χ4v) is 5.76. The zero-order valence-corrected chi connectivity index (χ0v) is 20.0. The van der Waals surface area contributed by atoms with E-state index in [0.717, 1.165) is 22.1 Å². The van der Waals surface area contributed by atoms with Crippen LogP contribution in [0.1, 0.15) is 60.5 Å². The van der Waals surface area contributed by atoms with Crippen molar-refractivity contribution in [2.45, 2.75) is 56.3 Å². The topological polar surface area (TPSA) is 56.7 Å². The summed E-state index contributed by atoms with van der Waals surface area (Å²) in [5.41, 5.74) is 7.29. The zero-order valence-electron chi connectivity index (χ0n) is 18.3. The Balaban J connectivity index is 1.69. The molecule has 1 aliphatic rings. The van der Waals surface area contributed by atoms with Gasteiger partial charge in [0.1, 0.15) is 0 Å². The molecule has 1 fully saturated rings. The van der Waals surface area contributed by atoms with Gasteiger partial charge in [-0.05, 0) is 49.4 Å². The lowest BCUT2D eigenvalue weighted by atomic mass is 9.83. The Morgan fingerprint density at radius 3 is 2.44 bits per heavy atom. The summed E-state index contributed by atoms with van der Waals surface area (Å²) < 4.78 is 2.11. The molecular formula is C26H28N4S2. The number of aryl methyl sites for hydroxylation is 1. The van der Waals surface area contributed by atoms with Gasteiger partial charge >= 0.3 is 0 Å². The fourth-order valence-electron chi connectivity index (χ4n) is 4.71. The quantitative estimate of drug-likeness (QED) is 0.318. The van der Waals surface area contributed by atoms with Gasteiger partial charge in [0.15, 0.2) is 0 Å². The lowest BCUT2D eigenvalue weighted by molar-refractivity contribution is 0.433. The van der Waals surface area contributed by atoms with Gasteiger partial charge in [0, 0.05) is 33.7 Å². The summed E-state index contributed by atoms with van der Waals surface area (Å²) in [6, 6.07) is 19.3. The summed E-state index contributed by atoms with van der Waals surface area (Å²) >= 11 is 2.95. The summed E-state index contributed by atoms with van der Waals surface area (Å²) in [4.78, 5) is 5.88. The Kier molecular flexibility index (Phi) is 6.44. The normalized spacial score (nSPS) is 14.7.